The lowest BCUT2D eigenvalue weighted by atomic mass is 9.78. The highest BCUT2D eigenvalue weighted by Gasteiger charge is 2.25. The van der Waals surface area contributed by atoms with Crippen LogP contribution in [-0.4, -0.2) is 9.97 Å². The maximum Gasteiger partial charge on any atom is 0.0494 e. The van der Waals surface area contributed by atoms with Crippen molar-refractivity contribution in [2.45, 2.75) is 52.4 Å². The molecule has 0 spiro atoms. The third-order valence-electron chi connectivity index (χ3n) is 2.89. The van der Waals surface area contributed by atoms with Crippen molar-refractivity contribution >= 4 is 0 Å². The first-order chi connectivity index (χ1) is 9.23. The van der Waals surface area contributed by atoms with E-state index in [0.29, 0.717) is 0 Å². The molecule has 0 aliphatic rings. The molecule has 0 unspecified atom stereocenters. The Morgan fingerprint density at radius 2 is 1.30 bits per heavy atom. The molecule has 0 atom stereocenters. The number of nitrogens with zero attached hydrogens (tertiary/aromatic N) is 2. The predicted octanol–water partition coefficient (Wildman–Crippen LogP) is 4.76. The topological polar surface area (TPSA) is 25.8 Å². The lowest BCUT2D eigenvalue weighted by Crippen LogP contribution is -2.23. The van der Waals surface area contributed by atoms with Crippen molar-refractivity contribution in [2.75, 3.05) is 0 Å². The Bertz CT molecular complexity index is 445. The second-order valence-electron chi connectivity index (χ2n) is 6.92. The Morgan fingerprint density at radius 3 is 1.60 bits per heavy atom. The third-order valence-corrected chi connectivity index (χ3v) is 2.89. The summed E-state index contributed by atoms with van der Waals surface area (Å²) < 4.78 is 0. The van der Waals surface area contributed by atoms with Gasteiger partial charge in [0.2, 0.25) is 0 Å². The molecule has 0 fully saturated rings. The minimum absolute atomic E-state index is 0.129. The second kappa shape index (κ2) is 6.65. The summed E-state index contributed by atoms with van der Waals surface area (Å²) >= 11 is 0. The van der Waals surface area contributed by atoms with Crippen LogP contribution in [0.3, 0.4) is 0 Å². The van der Waals surface area contributed by atoms with E-state index < -0.39 is 0 Å². The molecule has 2 aromatic heterocycles. The van der Waals surface area contributed by atoms with Crippen molar-refractivity contribution in [3.8, 4) is 0 Å². The Balaban J connectivity index is 0.000000276. The predicted molar refractivity (Wildman–Crippen MR) is 85.9 cm³/mol. The molecule has 2 heteroatoms. The average molecular weight is 270 g/mol. The molecular formula is C18H26N2. The fourth-order valence-corrected chi connectivity index (χ4v) is 1.92. The summed E-state index contributed by atoms with van der Waals surface area (Å²) in [6.07, 6.45) is 5.38. The van der Waals surface area contributed by atoms with Gasteiger partial charge in [0.25, 0.3) is 0 Å². The van der Waals surface area contributed by atoms with Crippen LogP contribution in [0.25, 0.3) is 0 Å². The summed E-state index contributed by atoms with van der Waals surface area (Å²) in [5, 5.41) is 0. The number of pyridine rings is 2. The van der Waals surface area contributed by atoms with Gasteiger partial charge in [0.15, 0.2) is 0 Å². The minimum Gasteiger partial charge on any atom is -0.265 e. The molecule has 0 aliphatic heterocycles. The van der Waals surface area contributed by atoms with E-state index in [1.54, 1.807) is 12.4 Å². The van der Waals surface area contributed by atoms with E-state index in [2.05, 4.69) is 57.6 Å². The quantitative estimate of drug-likeness (QED) is 0.690. The van der Waals surface area contributed by atoms with E-state index >= 15 is 0 Å². The molecule has 0 radical (unpaired) electrons. The van der Waals surface area contributed by atoms with Crippen molar-refractivity contribution in [3.05, 3.63) is 60.2 Å². The van der Waals surface area contributed by atoms with Crippen LogP contribution < -0.4 is 0 Å². The Labute approximate surface area is 123 Å². The molecule has 0 saturated carbocycles. The van der Waals surface area contributed by atoms with Gasteiger partial charge in [0.1, 0.15) is 0 Å². The third kappa shape index (κ3) is 5.12. The number of aromatic nitrogens is 2. The van der Waals surface area contributed by atoms with Crippen molar-refractivity contribution in [3.63, 3.8) is 0 Å². The summed E-state index contributed by atoms with van der Waals surface area (Å²) in [6.45, 7) is 13.3. The highest BCUT2D eigenvalue weighted by Crippen LogP contribution is 2.31. The molecule has 0 aliphatic carbocycles. The second-order valence-corrected chi connectivity index (χ2v) is 6.92. The average Bonchev–Trinajstić information content (AvgIpc) is 2.39. The monoisotopic (exact) mass is 270 g/mol. The maximum atomic E-state index is 4.52. The molecule has 0 N–H and O–H groups in total. The lowest BCUT2D eigenvalue weighted by Gasteiger charge is -2.28. The van der Waals surface area contributed by atoms with Crippen LogP contribution in [-0.2, 0) is 10.8 Å². The molecular weight excluding hydrogens is 244 g/mol. The van der Waals surface area contributed by atoms with Gasteiger partial charge in [-0.15, -0.1) is 0 Å². The molecule has 2 heterocycles. The summed E-state index contributed by atoms with van der Waals surface area (Å²) in [6, 6.07) is 9.93. The fourth-order valence-electron chi connectivity index (χ4n) is 1.92. The normalized spacial score (nSPS) is 11.5. The number of rotatable bonds is 0. The van der Waals surface area contributed by atoms with Crippen molar-refractivity contribution in [2.24, 2.45) is 0 Å². The largest absolute Gasteiger partial charge is 0.265 e. The van der Waals surface area contributed by atoms with E-state index in [4.69, 9.17) is 0 Å². The molecule has 2 rings (SSSR count). The van der Waals surface area contributed by atoms with E-state index in [1.165, 1.54) is 11.3 Å². The zero-order valence-corrected chi connectivity index (χ0v) is 13.5. The van der Waals surface area contributed by atoms with Crippen LogP contribution in [0.1, 0.15) is 52.8 Å². The van der Waals surface area contributed by atoms with Gasteiger partial charge in [0, 0.05) is 29.7 Å². The Kier molecular flexibility index (Phi) is 5.43. The summed E-state index contributed by atoms with van der Waals surface area (Å²) in [7, 11) is 0. The van der Waals surface area contributed by atoms with Gasteiger partial charge in [-0.05, 0) is 29.2 Å². The van der Waals surface area contributed by atoms with Gasteiger partial charge in [-0.2, -0.15) is 0 Å². The van der Waals surface area contributed by atoms with Crippen molar-refractivity contribution in [1.29, 1.82) is 0 Å². The minimum atomic E-state index is 0.129. The number of hydrogen-bond donors (Lipinski definition) is 0. The highest BCUT2D eigenvalue weighted by molar-refractivity contribution is 5.31. The Hall–Kier alpha value is -1.70. The SMILES string of the molecule is CC(C)(C)c1cccnc1C(C)(C)C.c1ccncc1. The molecule has 0 aromatic carbocycles. The van der Waals surface area contributed by atoms with Crippen LogP contribution in [0.15, 0.2) is 48.9 Å². The first kappa shape index (κ1) is 16.4. The molecule has 0 saturated heterocycles. The van der Waals surface area contributed by atoms with E-state index in [9.17, 15) is 0 Å². The highest BCUT2D eigenvalue weighted by atomic mass is 14.7. The Morgan fingerprint density at radius 1 is 0.700 bits per heavy atom. The fraction of sp³-hybridized carbons (Fsp3) is 0.444. The molecule has 0 bridgehead atoms. The van der Waals surface area contributed by atoms with Gasteiger partial charge in [-0.3, -0.25) is 9.97 Å². The van der Waals surface area contributed by atoms with Gasteiger partial charge in [-0.1, -0.05) is 53.7 Å². The van der Waals surface area contributed by atoms with Crippen molar-refractivity contribution < 1.29 is 0 Å². The molecule has 108 valence electrons. The first-order valence-electron chi connectivity index (χ1n) is 7.04. The first-order valence-corrected chi connectivity index (χ1v) is 7.04. The standard InChI is InChI=1S/C13H21N.C5H5N/c1-12(2,3)10-8-7-9-14-11(10)13(4,5)6;1-2-4-6-5-3-1/h7-9H,1-6H3;1-5H. The van der Waals surface area contributed by atoms with E-state index in [1.807, 2.05) is 30.5 Å². The van der Waals surface area contributed by atoms with E-state index in [-0.39, 0.29) is 10.8 Å². The summed E-state index contributed by atoms with van der Waals surface area (Å²) in [4.78, 5) is 8.30. The van der Waals surface area contributed by atoms with Gasteiger partial charge < -0.3 is 0 Å². The van der Waals surface area contributed by atoms with Crippen LogP contribution in [0, 0.1) is 0 Å². The van der Waals surface area contributed by atoms with Gasteiger partial charge in [0.05, 0.1) is 0 Å². The van der Waals surface area contributed by atoms with Crippen LogP contribution in [0.4, 0.5) is 0 Å². The van der Waals surface area contributed by atoms with Crippen LogP contribution in [0.5, 0.6) is 0 Å². The zero-order chi connectivity index (χ0) is 15.2. The summed E-state index contributed by atoms with van der Waals surface area (Å²) in [5.74, 6) is 0. The van der Waals surface area contributed by atoms with Crippen LogP contribution >= 0.6 is 0 Å². The summed E-state index contributed by atoms with van der Waals surface area (Å²) in [5.41, 5.74) is 2.88. The van der Waals surface area contributed by atoms with E-state index in [0.717, 1.165) is 0 Å². The van der Waals surface area contributed by atoms with Gasteiger partial charge in [-0.25, -0.2) is 0 Å². The number of hydrogen-bond acceptors (Lipinski definition) is 2. The smallest absolute Gasteiger partial charge is 0.0494 e. The maximum absolute atomic E-state index is 4.52. The molecule has 0 amide bonds. The van der Waals surface area contributed by atoms with Crippen molar-refractivity contribution in [1.82, 2.24) is 9.97 Å². The lowest BCUT2D eigenvalue weighted by molar-refractivity contribution is 0.514. The van der Waals surface area contributed by atoms with Gasteiger partial charge >= 0.3 is 0 Å². The van der Waals surface area contributed by atoms with Crippen LogP contribution in [0.2, 0.25) is 0 Å². The molecule has 20 heavy (non-hydrogen) atoms. The molecule has 2 nitrogen and oxygen atoms in total. The molecule has 2 aromatic rings. The zero-order valence-electron chi connectivity index (χ0n) is 13.5.